The average molecular weight is 904 g/mol. The van der Waals surface area contributed by atoms with Gasteiger partial charge in [-0.1, -0.05) is 60.7 Å². The summed E-state index contributed by atoms with van der Waals surface area (Å²) in [5.74, 6) is 1.38. The first kappa shape index (κ1) is 45.2. The van der Waals surface area contributed by atoms with Crippen LogP contribution in [0.25, 0.3) is 12.2 Å². The van der Waals surface area contributed by atoms with E-state index in [0.717, 1.165) is 11.4 Å². The zero-order valence-corrected chi connectivity index (χ0v) is 37.4. The van der Waals surface area contributed by atoms with Crippen molar-refractivity contribution in [2.45, 2.75) is 9.79 Å². The Balaban J connectivity index is 0.00000595. The molecule has 0 amide bonds. The third kappa shape index (κ3) is 12.0. The molecule has 4 heterocycles. The van der Waals surface area contributed by atoms with Crippen molar-refractivity contribution in [2.24, 2.45) is 0 Å². The molecule has 320 valence electrons. The number of nitrogens with zero attached hydrogens (tertiary/aromatic N) is 8. The fourth-order valence-corrected chi connectivity index (χ4v) is 7.87. The Morgan fingerprint density at radius 2 is 0.810 bits per heavy atom. The Labute approximate surface area is 385 Å². The molecule has 0 bridgehead atoms. The molecule has 0 saturated carbocycles. The van der Waals surface area contributed by atoms with Crippen LogP contribution < -0.4 is 60.6 Å². The molecule has 8 rings (SSSR count). The molecule has 4 aromatic carbocycles. The van der Waals surface area contributed by atoms with E-state index < -0.39 is 30.0 Å². The summed E-state index contributed by atoms with van der Waals surface area (Å²) in [7, 11) is -9.67. The number of hydrogen-bond donors (Lipinski definition) is 6. The third-order valence-corrected chi connectivity index (χ3v) is 11.3. The fraction of sp³-hybridized carbons (Fsp3) is 0.200. The van der Waals surface area contributed by atoms with Gasteiger partial charge < -0.3 is 40.5 Å². The van der Waals surface area contributed by atoms with Gasteiger partial charge in [0.05, 0.1) is 26.4 Å². The molecule has 0 unspecified atom stereocenters. The number of anilines is 10. The van der Waals surface area contributed by atoms with E-state index in [2.05, 4.69) is 51.2 Å². The molecular formula is C40H40N12NaO8S2+. The van der Waals surface area contributed by atoms with Crippen molar-refractivity contribution < 1.29 is 65.0 Å². The molecular weight excluding hydrogens is 864 g/mol. The minimum absolute atomic E-state index is 0. The summed E-state index contributed by atoms with van der Waals surface area (Å²) >= 11 is 0. The number of para-hydroxylation sites is 2. The van der Waals surface area contributed by atoms with E-state index in [0.29, 0.717) is 64.5 Å². The van der Waals surface area contributed by atoms with Gasteiger partial charge in [0, 0.05) is 48.9 Å². The van der Waals surface area contributed by atoms with E-state index in [1.54, 1.807) is 0 Å². The van der Waals surface area contributed by atoms with Gasteiger partial charge in [-0.3, -0.25) is 9.11 Å². The van der Waals surface area contributed by atoms with Crippen LogP contribution in [-0.2, 0) is 29.7 Å². The van der Waals surface area contributed by atoms with Gasteiger partial charge in [-0.05, 0) is 59.7 Å². The Morgan fingerprint density at radius 3 is 1.14 bits per heavy atom. The molecule has 2 aliphatic heterocycles. The first-order valence-corrected chi connectivity index (χ1v) is 22.1. The van der Waals surface area contributed by atoms with E-state index in [1.807, 2.05) is 70.5 Å². The predicted molar refractivity (Wildman–Crippen MR) is 233 cm³/mol. The van der Waals surface area contributed by atoms with Crippen molar-refractivity contribution in [3.05, 3.63) is 108 Å². The summed E-state index contributed by atoms with van der Waals surface area (Å²) in [6, 6.07) is 26.8. The molecule has 6 N–H and O–H groups in total. The normalized spacial score (nSPS) is 14.5. The van der Waals surface area contributed by atoms with Gasteiger partial charge in [0.2, 0.25) is 35.7 Å². The maximum absolute atomic E-state index is 12.7. The number of nitrogens with one attached hydrogen (secondary N) is 4. The number of aromatic nitrogens is 6. The maximum Gasteiger partial charge on any atom is 1.00 e. The Hall–Kier alpha value is -5.82. The molecule has 2 aliphatic rings. The van der Waals surface area contributed by atoms with Gasteiger partial charge in [-0.2, -0.15) is 46.7 Å². The zero-order valence-electron chi connectivity index (χ0n) is 33.8. The molecule has 63 heavy (non-hydrogen) atoms. The van der Waals surface area contributed by atoms with Crippen LogP contribution in [0.15, 0.2) is 107 Å². The van der Waals surface area contributed by atoms with Gasteiger partial charge in [-0.15, -0.1) is 0 Å². The summed E-state index contributed by atoms with van der Waals surface area (Å²) in [6.45, 7) is 4.13. The Kier molecular flexibility index (Phi) is 14.4. The van der Waals surface area contributed by atoms with E-state index in [-0.39, 0.29) is 75.9 Å². The number of rotatable bonds is 14. The number of ether oxygens (including phenoxy) is 2. The monoisotopic (exact) mass is 903 g/mol. The van der Waals surface area contributed by atoms with Gasteiger partial charge in [-0.25, -0.2) is 0 Å². The smallest absolute Gasteiger partial charge is 0.378 e. The molecule has 2 aromatic heterocycles. The predicted octanol–water partition coefficient (Wildman–Crippen LogP) is 2.37. The zero-order chi connectivity index (χ0) is 43.1. The van der Waals surface area contributed by atoms with Crippen LogP contribution in [0.5, 0.6) is 0 Å². The minimum atomic E-state index is -4.83. The number of morpholine rings is 2. The molecule has 23 heteroatoms. The molecule has 0 aliphatic carbocycles. The second-order valence-electron chi connectivity index (χ2n) is 13.8. The van der Waals surface area contributed by atoms with Gasteiger partial charge >= 0.3 is 29.6 Å². The first-order valence-electron chi connectivity index (χ1n) is 19.2. The summed E-state index contributed by atoms with van der Waals surface area (Å²) in [5, 5.41) is 12.3. The van der Waals surface area contributed by atoms with Crippen LogP contribution >= 0.6 is 0 Å². The van der Waals surface area contributed by atoms with Crippen LogP contribution in [0, 0.1) is 0 Å². The van der Waals surface area contributed by atoms with Crippen molar-refractivity contribution in [2.75, 3.05) is 83.7 Å². The minimum Gasteiger partial charge on any atom is -0.378 e. The van der Waals surface area contributed by atoms with Gasteiger partial charge in [0.25, 0.3) is 20.2 Å². The van der Waals surface area contributed by atoms with Crippen LogP contribution in [0.1, 0.15) is 11.1 Å². The van der Waals surface area contributed by atoms with Crippen LogP contribution in [0.4, 0.5) is 58.4 Å². The molecule has 2 saturated heterocycles. The molecule has 20 nitrogen and oxygen atoms in total. The van der Waals surface area contributed by atoms with Gasteiger partial charge in [0.1, 0.15) is 9.79 Å². The van der Waals surface area contributed by atoms with Crippen molar-refractivity contribution in [3.63, 3.8) is 0 Å². The van der Waals surface area contributed by atoms with Crippen LogP contribution in [0.2, 0.25) is 0 Å². The Bertz CT molecular complexity index is 2610. The SMILES string of the molecule is O=S(=O)(O)c1cc(Nc2nc(Nc3ccccc3)nc(N3CCOCC3)n2)ccc1/C=C/c1ccc(Nc2nc(Nc3ccccc3)nc(N3CCOCC3)n2)cc1S(=O)(=O)O.[Na+]. The Morgan fingerprint density at radius 1 is 0.476 bits per heavy atom. The second kappa shape index (κ2) is 20.1. The summed E-state index contributed by atoms with van der Waals surface area (Å²) < 4.78 is 82.5. The van der Waals surface area contributed by atoms with Crippen molar-refractivity contribution in [1.29, 1.82) is 0 Å². The van der Waals surface area contributed by atoms with E-state index in [9.17, 15) is 25.9 Å². The second-order valence-corrected chi connectivity index (χ2v) is 16.6. The largest absolute Gasteiger partial charge is 1.00 e. The molecule has 2 fully saturated rings. The topological polar surface area (TPSA) is 259 Å². The standard InChI is InChI=1S/C40H40N12O8S2.Na/c53-61(54,55)33-25-31(43-37-45-35(41-29-7-3-1-4-8-29)47-39(49-37)51-17-21-59-22-18-51)15-13-27(33)11-12-28-14-16-32(26-34(28)62(56,57)58)44-38-46-36(42-30-9-5-2-6-10-30)48-40(50-38)52-19-23-60-24-20-52;/h1-16,25-26H,17-24H2,(H,53,54,55)(H,56,57,58)(H2,41,43,45,47,49)(H2,42,44,46,48,50);/q;+1/b12-11+;. The van der Waals surface area contributed by atoms with Crippen LogP contribution in [-0.4, -0.2) is 108 Å². The summed E-state index contributed by atoms with van der Waals surface area (Å²) in [4.78, 5) is 30.1. The number of benzene rings is 4. The number of hydrogen-bond acceptors (Lipinski definition) is 18. The van der Waals surface area contributed by atoms with Crippen molar-refractivity contribution in [1.82, 2.24) is 29.9 Å². The average Bonchev–Trinajstić information content (AvgIpc) is 3.27. The summed E-state index contributed by atoms with van der Waals surface area (Å²) in [6.07, 6.45) is 2.60. The summed E-state index contributed by atoms with van der Waals surface area (Å²) in [5.41, 5.74) is 1.92. The van der Waals surface area contributed by atoms with Gasteiger partial charge in [0.15, 0.2) is 0 Å². The quantitative estimate of drug-likeness (QED) is 0.0521. The van der Waals surface area contributed by atoms with Crippen LogP contribution in [0.3, 0.4) is 0 Å². The molecule has 6 aromatic rings. The molecule has 0 atom stereocenters. The third-order valence-electron chi connectivity index (χ3n) is 9.43. The van der Waals surface area contributed by atoms with E-state index in [1.165, 1.54) is 48.6 Å². The first-order chi connectivity index (χ1) is 29.9. The van der Waals surface area contributed by atoms with Crippen molar-refractivity contribution >= 4 is 90.8 Å². The molecule has 0 radical (unpaired) electrons. The fourth-order valence-electron chi connectivity index (χ4n) is 6.45. The van der Waals surface area contributed by atoms with E-state index >= 15 is 0 Å². The van der Waals surface area contributed by atoms with E-state index in [4.69, 9.17) is 9.47 Å². The molecule has 0 spiro atoms. The maximum atomic E-state index is 12.7. The van der Waals surface area contributed by atoms with Crippen molar-refractivity contribution in [3.8, 4) is 0 Å².